The van der Waals surface area contributed by atoms with E-state index in [9.17, 15) is 9.59 Å². The number of carbonyl (C=O) groups is 2. The van der Waals surface area contributed by atoms with E-state index in [1.165, 1.54) is 0 Å². The zero-order chi connectivity index (χ0) is 20.8. The summed E-state index contributed by atoms with van der Waals surface area (Å²) in [6.07, 6.45) is 1.71. The maximum absolute atomic E-state index is 12.3. The molecule has 0 aliphatic carbocycles. The summed E-state index contributed by atoms with van der Waals surface area (Å²) in [5, 5.41) is 2.79. The number of nitrogens with one attached hydrogen (secondary N) is 1. The first-order valence-electron chi connectivity index (χ1n) is 9.12. The minimum Gasteiger partial charge on any atom is -0.497 e. The molecule has 1 atom stereocenters. The van der Waals surface area contributed by atoms with Crippen LogP contribution in [0, 0.1) is 0 Å². The van der Waals surface area contributed by atoms with Crippen LogP contribution in [0.3, 0.4) is 0 Å². The standard InChI is InChI=1S/C22H23NO6/c1-14(18-11-17(26-2)8-9-20(18)27-3)23-21(24)13-29-22(25)16-10-15-6-4-5-7-19(15)28-12-16/h4-11,14H,12-13H2,1-3H3,(H,23,24)/t14-/m0/s1. The van der Waals surface area contributed by atoms with Gasteiger partial charge in [0.25, 0.3) is 5.91 Å². The third-order valence-corrected chi connectivity index (χ3v) is 4.51. The van der Waals surface area contributed by atoms with Gasteiger partial charge in [-0.2, -0.15) is 0 Å². The predicted molar refractivity (Wildman–Crippen MR) is 107 cm³/mol. The van der Waals surface area contributed by atoms with Crippen molar-refractivity contribution in [3.8, 4) is 17.2 Å². The third kappa shape index (κ3) is 4.87. The molecule has 0 radical (unpaired) electrons. The Morgan fingerprint density at radius 2 is 1.93 bits per heavy atom. The topological polar surface area (TPSA) is 83.1 Å². The van der Waals surface area contributed by atoms with Gasteiger partial charge in [-0.25, -0.2) is 4.79 Å². The Kier molecular flexibility index (Phi) is 6.39. The van der Waals surface area contributed by atoms with Crippen LogP contribution >= 0.6 is 0 Å². The Hall–Kier alpha value is -3.48. The largest absolute Gasteiger partial charge is 0.497 e. The van der Waals surface area contributed by atoms with E-state index in [2.05, 4.69) is 5.32 Å². The molecule has 0 aromatic heterocycles. The lowest BCUT2D eigenvalue weighted by Crippen LogP contribution is -2.32. The Bertz CT molecular complexity index is 937. The Balaban J connectivity index is 1.58. The van der Waals surface area contributed by atoms with Gasteiger partial charge in [-0.1, -0.05) is 18.2 Å². The van der Waals surface area contributed by atoms with E-state index in [-0.39, 0.29) is 12.6 Å². The molecular weight excluding hydrogens is 374 g/mol. The van der Waals surface area contributed by atoms with Gasteiger partial charge in [-0.05, 0) is 37.3 Å². The van der Waals surface area contributed by atoms with Gasteiger partial charge in [0, 0.05) is 11.1 Å². The van der Waals surface area contributed by atoms with Crippen LogP contribution < -0.4 is 19.5 Å². The van der Waals surface area contributed by atoms with Crippen molar-refractivity contribution in [3.05, 3.63) is 59.2 Å². The van der Waals surface area contributed by atoms with Crippen LogP contribution in [0.15, 0.2) is 48.0 Å². The van der Waals surface area contributed by atoms with E-state index in [4.69, 9.17) is 18.9 Å². The lowest BCUT2D eigenvalue weighted by Gasteiger charge is -2.19. The van der Waals surface area contributed by atoms with E-state index in [1.807, 2.05) is 31.2 Å². The summed E-state index contributed by atoms with van der Waals surface area (Å²) in [7, 11) is 3.12. The molecule has 29 heavy (non-hydrogen) atoms. The zero-order valence-corrected chi connectivity index (χ0v) is 16.6. The number of ether oxygens (including phenoxy) is 4. The lowest BCUT2D eigenvalue weighted by molar-refractivity contribution is -0.145. The zero-order valence-electron chi connectivity index (χ0n) is 16.6. The van der Waals surface area contributed by atoms with Crippen molar-refractivity contribution in [1.82, 2.24) is 5.32 Å². The molecule has 1 aliphatic heterocycles. The fraction of sp³-hybridized carbons (Fsp3) is 0.273. The normalized spacial score (nSPS) is 13.3. The minimum atomic E-state index is -0.582. The second kappa shape index (κ2) is 9.14. The molecule has 3 rings (SSSR count). The number of benzene rings is 2. The number of hydrogen-bond acceptors (Lipinski definition) is 6. The fourth-order valence-corrected chi connectivity index (χ4v) is 3.00. The van der Waals surface area contributed by atoms with Crippen molar-refractivity contribution in [3.63, 3.8) is 0 Å². The molecule has 1 heterocycles. The Morgan fingerprint density at radius 1 is 1.14 bits per heavy atom. The van der Waals surface area contributed by atoms with Gasteiger partial charge >= 0.3 is 5.97 Å². The van der Waals surface area contributed by atoms with Gasteiger partial charge < -0.3 is 24.3 Å². The third-order valence-electron chi connectivity index (χ3n) is 4.51. The average molecular weight is 397 g/mol. The molecule has 0 bridgehead atoms. The summed E-state index contributed by atoms with van der Waals surface area (Å²) in [4.78, 5) is 24.5. The number of para-hydroxylation sites is 1. The summed E-state index contributed by atoms with van der Waals surface area (Å²) in [5.74, 6) is 0.981. The number of hydrogen-bond donors (Lipinski definition) is 1. The van der Waals surface area contributed by atoms with E-state index in [1.54, 1.807) is 38.5 Å². The summed E-state index contributed by atoms with van der Waals surface area (Å²) in [6, 6.07) is 12.4. The Morgan fingerprint density at radius 3 is 2.69 bits per heavy atom. The molecule has 0 saturated carbocycles. The van der Waals surface area contributed by atoms with Crippen molar-refractivity contribution < 1.29 is 28.5 Å². The molecular formula is C22H23NO6. The Labute approximate surface area is 169 Å². The molecule has 0 unspecified atom stereocenters. The molecule has 7 nitrogen and oxygen atoms in total. The van der Waals surface area contributed by atoms with Gasteiger partial charge in [0.2, 0.25) is 0 Å². The summed E-state index contributed by atoms with van der Waals surface area (Å²) < 4.78 is 21.2. The van der Waals surface area contributed by atoms with Crippen LogP contribution in [-0.2, 0) is 14.3 Å². The van der Waals surface area contributed by atoms with Crippen LogP contribution in [-0.4, -0.2) is 39.3 Å². The second-order valence-corrected chi connectivity index (χ2v) is 6.47. The number of fused-ring (bicyclic) bond motifs is 1. The molecule has 0 saturated heterocycles. The van der Waals surface area contributed by atoms with E-state index in [0.717, 1.165) is 11.1 Å². The fourth-order valence-electron chi connectivity index (χ4n) is 3.00. The number of methoxy groups -OCH3 is 2. The number of carbonyl (C=O) groups excluding carboxylic acids is 2. The first-order chi connectivity index (χ1) is 14.0. The maximum Gasteiger partial charge on any atom is 0.338 e. The van der Waals surface area contributed by atoms with Crippen molar-refractivity contribution in [1.29, 1.82) is 0 Å². The van der Waals surface area contributed by atoms with Gasteiger partial charge in [-0.3, -0.25) is 4.79 Å². The minimum absolute atomic E-state index is 0.106. The quantitative estimate of drug-likeness (QED) is 0.724. The van der Waals surface area contributed by atoms with Gasteiger partial charge in [0.15, 0.2) is 6.61 Å². The first kappa shape index (κ1) is 20.3. The molecule has 0 fully saturated rings. The average Bonchev–Trinajstić information content (AvgIpc) is 2.76. The number of esters is 1. The van der Waals surface area contributed by atoms with E-state index >= 15 is 0 Å². The number of amides is 1. The molecule has 2 aromatic rings. The molecule has 0 spiro atoms. The lowest BCUT2D eigenvalue weighted by atomic mass is 10.1. The summed E-state index contributed by atoms with van der Waals surface area (Å²) >= 11 is 0. The predicted octanol–water partition coefficient (Wildman–Crippen LogP) is 2.90. The van der Waals surface area contributed by atoms with E-state index in [0.29, 0.717) is 22.8 Å². The molecule has 2 aromatic carbocycles. The van der Waals surface area contributed by atoms with Crippen LogP contribution in [0.4, 0.5) is 0 Å². The van der Waals surface area contributed by atoms with Crippen LogP contribution in [0.1, 0.15) is 24.1 Å². The monoisotopic (exact) mass is 397 g/mol. The van der Waals surface area contributed by atoms with Gasteiger partial charge in [-0.15, -0.1) is 0 Å². The second-order valence-electron chi connectivity index (χ2n) is 6.47. The highest BCUT2D eigenvalue weighted by atomic mass is 16.5. The maximum atomic E-state index is 12.3. The number of rotatable bonds is 7. The highest BCUT2D eigenvalue weighted by Gasteiger charge is 2.20. The van der Waals surface area contributed by atoms with Crippen LogP contribution in [0.2, 0.25) is 0 Å². The highest BCUT2D eigenvalue weighted by Crippen LogP contribution is 2.29. The van der Waals surface area contributed by atoms with Gasteiger partial charge in [0.05, 0.1) is 25.8 Å². The summed E-state index contributed by atoms with van der Waals surface area (Å²) in [5.41, 5.74) is 1.92. The highest BCUT2D eigenvalue weighted by molar-refractivity contribution is 5.96. The van der Waals surface area contributed by atoms with Crippen molar-refractivity contribution in [2.45, 2.75) is 13.0 Å². The molecule has 152 valence electrons. The van der Waals surface area contributed by atoms with Gasteiger partial charge in [0.1, 0.15) is 23.9 Å². The molecule has 7 heteroatoms. The summed E-state index contributed by atoms with van der Waals surface area (Å²) in [6.45, 7) is 1.52. The van der Waals surface area contributed by atoms with Crippen molar-refractivity contribution >= 4 is 18.0 Å². The van der Waals surface area contributed by atoms with E-state index < -0.39 is 18.5 Å². The molecule has 1 amide bonds. The first-order valence-corrected chi connectivity index (χ1v) is 9.12. The molecule has 1 aliphatic rings. The van der Waals surface area contributed by atoms with Crippen LogP contribution in [0.5, 0.6) is 17.2 Å². The SMILES string of the molecule is COc1ccc(OC)c([C@H](C)NC(=O)COC(=O)C2=Cc3ccccc3OC2)c1. The van der Waals surface area contributed by atoms with Crippen molar-refractivity contribution in [2.24, 2.45) is 0 Å². The molecule has 1 N–H and O–H groups in total. The van der Waals surface area contributed by atoms with Crippen LogP contribution in [0.25, 0.3) is 6.08 Å². The van der Waals surface area contributed by atoms with Crippen molar-refractivity contribution in [2.75, 3.05) is 27.4 Å². The smallest absolute Gasteiger partial charge is 0.338 e.